The van der Waals surface area contributed by atoms with Crippen molar-refractivity contribution < 1.29 is 9.53 Å². The maximum atomic E-state index is 12.6. The molecule has 0 aromatic heterocycles. The van der Waals surface area contributed by atoms with Gasteiger partial charge in [-0.15, -0.1) is 0 Å². The molecule has 4 rings (SSSR count). The Labute approximate surface area is 189 Å². The van der Waals surface area contributed by atoms with E-state index >= 15 is 0 Å². The van der Waals surface area contributed by atoms with E-state index in [4.69, 9.17) is 16.3 Å². The van der Waals surface area contributed by atoms with Crippen molar-refractivity contribution >= 4 is 17.4 Å². The monoisotopic (exact) mass is 433 g/mol. The van der Waals surface area contributed by atoms with Crippen LogP contribution in [0.4, 0.5) is 0 Å². The highest BCUT2D eigenvalue weighted by atomic mass is 35.5. The zero-order valence-corrected chi connectivity index (χ0v) is 18.9. The van der Waals surface area contributed by atoms with Crippen LogP contribution in [0.15, 0.2) is 66.7 Å². The van der Waals surface area contributed by atoms with Gasteiger partial charge in [-0.25, -0.2) is 0 Å². The van der Waals surface area contributed by atoms with Crippen molar-refractivity contribution in [3.8, 4) is 16.9 Å². The number of halogens is 1. The summed E-state index contributed by atoms with van der Waals surface area (Å²) >= 11 is 6.24. The molecule has 1 heterocycles. The molecule has 0 amide bonds. The first-order valence-corrected chi connectivity index (χ1v) is 11.2. The largest absolute Gasteiger partial charge is 0.490 e. The van der Waals surface area contributed by atoms with Crippen LogP contribution in [-0.2, 0) is 6.42 Å². The van der Waals surface area contributed by atoms with Gasteiger partial charge in [0.2, 0.25) is 0 Å². The van der Waals surface area contributed by atoms with Crippen LogP contribution in [-0.4, -0.2) is 36.9 Å². The Morgan fingerprint density at radius 1 is 0.968 bits per heavy atom. The second kappa shape index (κ2) is 9.67. The van der Waals surface area contributed by atoms with E-state index in [-0.39, 0.29) is 5.78 Å². The molecular formula is C27H28ClNO2. The molecule has 0 bridgehead atoms. The lowest BCUT2D eigenvalue weighted by molar-refractivity contribution is 0.0993. The number of Topliss-reactive ketones (excluding diaryl/α,β-unsaturated/α-hetero) is 1. The van der Waals surface area contributed by atoms with Crippen LogP contribution >= 0.6 is 11.6 Å². The average Bonchev–Trinajstić information content (AvgIpc) is 2.76. The molecule has 4 heteroatoms. The minimum Gasteiger partial charge on any atom is -0.490 e. The number of aryl methyl sites for hydroxylation is 1. The van der Waals surface area contributed by atoms with Crippen molar-refractivity contribution in [2.24, 2.45) is 0 Å². The molecule has 1 saturated heterocycles. The highest BCUT2D eigenvalue weighted by molar-refractivity contribution is 6.34. The van der Waals surface area contributed by atoms with Gasteiger partial charge in [-0.1, -0.05) is 54.1 Å². The molecular weight excluding hydrogens is 406 g/mol. The maximum Gasteiger partial charge on any atom is 0.168 e. The molecule has 1 aliphatic heterocycles. The standard InChI is InChI=1S/C27H28ClNO2/c1-19-3-12-25(26(28)17-19)27(30)18-20-4-6-21(7-5-20)22-8-10-23(11-9-22)31-24-13-15-29(2)16-14-24/h3-12,17,24H,13-16,18H2,1-2H3. The fourth-order valence-corrected chi connectivity index (χ4v) is 4.30. The smallest absolute Gasteiger partial charge is 0.168 e. The fourth-order valence-electron chi connectivity index (χ4n) is 3.96. The lowest BCUT2D eigenvalue weighted by Crippen LogP contribution is -2.35. The van der Waals surface area contributed by atoms with Gasteiger partial charge in [0.25, 0.3) is 0 Å². The summed E-state index contributed by atoms with van der Waals surface area (Å²) in [5.74, 6) is 0.962. The molecule has 1 fully saturated rings. The highest BCUT2D eigenvalue weighted by Gasteiger charge is 2.18. The third-order valence-corrected chi connectivity index (χ3v) is 6.21. The predicted molar refractivity (Wildman–Crippen MR) is 127 cm³/mol. The Morgan fingerprint density at radius 3 is 2.19 bits per heavy atom. The normalized spacial score (nSPS) is 15.1. The Balaban J connectivity index is 1.38. The van der Waals surface area contributed by atoms with E-state index in [1.165, 1.54) is 0 Å². The predicted octanol–water partition coefficient (Wildman–Crippen LogP) is 6.21. The van der Waals surface area contributed by atoms with Crippen molar-refractivity contribution in [2.75, 3.05) is 20.1 Å². The molecule has 160 valence electrons. The zero-order chi connectivity index (χ0) is 21.8. The Kier molecular flexibility index (Phi) is 6.74. The van der Waals surface area contributed by atoms with Crippen LogP contribution in [0.2, 0.25) is 5.02 Å². The summed E-state index contributed by atoms with van der Waals surface area (Å²) in [6.07, 6.45) is 2.80. The highest BCUT2D eigenvalue weighted by Crippen LogP contribution is 2.26. The Hall–Kier alpha value is -2.62. The molecule has 0 radical (unpaired) electrons. The number of ether oxygens (including phenoxy) is 1. The molecule has 0 saturated carbocycles. The number of ketones is 1. The lowest BCUT2D eigenvalue weighted by atomic mass is 9.99. The summed E-state index contributed by atoms with van der Waals surface area (Å²) in [6.45, 7) is 4.15. The molecule has 0 aliphatic carbocycles. The van der Waals surface area contributed by atoms with Crippen LogP contribution < -0.4 is 4.74 Å². The van der Waals surface area contributed by atoms with Gasteiger partial charge in [-0.3, -0.25) is 4.79 Å². The van der Waals surface area contributed by atoms with Crippen molar-refractivity contribution in [3.05, 3.63) is 88.4 Å². The molecule has 3 nitrogen and oxygen atoms in total. The molecule has 0 unspecified atom stereocenters. The zero-order valence-electron chi connectivity index (χ0n) is 18.1. The third-order valence-electron chi connectivity index (χ3n) is 5.90. The van der Waals surface area contributed by atoms with E-state index < -0.39 is 0 Å². The number of hydrogen-bond acceptors (Lipinski definition) is 3. The number of piperidine rings is 1. The van der Waals surface area contributed by atoms with Gasteiger partial charge in [-0.2, -0.15) is 0 Å². The Morgan fingerprint density at radius 2 is 1.58 bits per heavy atom. The lowest BCUT2D eigenvalue weighted by Gasteiger charge is -2.29. The van der Waals surface area contributed by atoms with Crippen molar-refractivity contribution in [1.29, 1.82) is 0 Å². The SMILES string of the molecule is Cc1ccc(C(=O)Cc2ccc(-c3ccc(OC4CCN(C)CC4)cc3)cc2)c(Cl)c1. The molecule has 0 spiro atoms. The number of hydrogen-bond donors (Lipinski definition) is 0. The van der Waals surface area contributed by atoms with Crippen LogP contribution in [0.25, 0.3) is 11.1 Å². The molecule has 3 aromatic carbocycles. The molecule has 3 aromatic rings. The summed E-state index contributed by atoms with van der Waals surface area (Å²) in [5, 5.41) is 0.518. The minimum atomic E-state index is 0.0353. The molecule has 31 heavy (non-hydrogen) atoms. The first-order valence-electron chi connectivity index (χ1n) is 10.8. The van der Waals surface area contributed by atoms with E-state index in [0.717, 1.165) is 53.9 Å². The van der Waals surface area contributed by atoms with Crippen LogP contribution in [0, 0.1) is 6.92 Å². The number of benzene rings is 3. The summed E-state index contributed by atoms with van der Waals surface area (Å²) in [4.78, 5) is 15.0. The second-order valence-electron chi connectivity index (χ2n) is 8.43. The second-order valence-corrected chi connectivity index (χ2v) is 8.83. The average molecular weight is 434 g/mol. The quantitative estimate of drug-likeness (QED) is 0.432. The third kappa shape index (κ3) is 5.55. The summed E-state index contributed by atoms with van der Waals surface area (Å²) in [6, 6.07) is 22.0. The van der Waals surface area contributed by atoms with Gasteiger partial charge < -0.3 is 9.64 Å². The van der Waals surface area contributed by atoms with Gasteiger partial charge in [0.05, 0.1) is 5.02 Å². The van der Waals surface area contributed by atoms with Gasteiger partial charge >= 0.3 is 0 Å². The number of nitrogens with zero attached hydrogens (tertiary/aromatic N) is 1. The van der Waals surface area contributed by atoms with E-state index in [1.807, 2.05) is 49.4 Å². The first-order chi connectivity index (χ1) is 15.0. The van der Waals surface area contributed by atoms with Gasteiger partial charge in [0.15, 0.2) is 5.78 Å². The molecule has 1 aliphatic rings. The first kappa shape index (κ1) is 21.6. The van der Waals surface area contributed by atoms with E-state index in [9.17, 15) is 4.79 Å². The number of likely N-dealkylation sites (tertiary alicyclic amines) is 1. The summed E-state index contributed by atoms with van der Waals surface area (Å²) < 4.78 is 6.14. The fraction of sp³-hybridized carbons (Fsp3) is 0.296. The van der Waals surface area contributed by atoms with Crippen molar-refractivity contribution in [3.63, 3.8) is 0 Å². The number of rotatable bonds is 6. The molecule has 0 N–H and O–H groups in total. The van der Waals surface area contributed by atoms with Crippen LogP contribution in [0.1, 0.15) is 34.3 Å². The summed E-state index contributed by atoms with van der Waals surface area (Å²) in [5.41, 5.74) is 4.86. The van der Waals surface area contributed by atoms with Gasteiger partial charge in [-0.05, 0) is 73.3 Å². The van der Waals surface area contributed by atoms with E-state index in [1.54, 1.807) is 0 Å². The number of carbonyl (C=O) groups is 1. The van der Waals surface area contributed by atoms with Crippen molar-refractivity contribution in [1.82, 2.24) is 4.90 Å². The maximum absolute atomic E-state index is 12.6. The van der Waals surface area contributed by atoms with Crippen LogP contribution in [0.5, 0.6) is 5.75 Å². The molecule has 0 atom stereocenters. The van der Waals surface area contributed by atoms with Crippen molar-refractivity contribution in [2.45, 2.75) is 32.3 Å². The topological polar surface area (TPSA) is 29.5 Å². The Bertz CT molecular complexity index is 1040. The van der Waals surface area contributed by atoms with E-state index in [0.29, 0.717) is 23.1 Å². The van der Waals surface area contributed by atoms with Gasteiger partial charge in [0.1, 0.15) is 11.9 Å². The number of carbonyl (C=O) groups excluding carboxylic acids is 1. The van der Waals surface area contributed by atoms with Gasteiger partial charge in [0, 0.05) is 25.1 Å². The van der Waals surface area contributed by atoms with Crippen LogP contribution in [0.3, 0.4) is 0 Å². The summed E-state index contributed by atoms with van der Waals surface area (Å²) in [7, 11) is 2.16. The minimum absolute atomic E-state index is 0.0353. The van der Waals surface area contributed by atoms with E-state index in [2.05, 4.69) is 36.2 Å².